The molecule has 2 aliphatic heterocycles. The molecule has 0 bridgehead atoms. The molecule has 2 aromatic rings. The van der Waals surface area contributed by atoms with Gasteiger partial charge in [0.05, 0.1) is 11.0 Å². The predicted octanol–water partition coefficient (Wildman–Crippen LogP) is 2.40. The van der Waals surface area contributed by atoms with Gasteiger partial charge in [-0.05, 0) is 45.2 Å². The fourth-order valence-corrected chi connectivity index (χ4v) is 4.28. The molecule has 0 aliphatic carbocycles. The monoisotopic (exact) mass is 379 g/mol. The highest BCUT2D eigenvalue weighted by molar-refractivity contribution is 5.95. The smallest absolute Gasteiger partial charge is 0.257 e. The summed E-state index contributed by atoms with van der Waals surface area (Å²) in [7, 11) is 0. The van der Waals surface area contributed by atoms with E-state index >= 15 is 0 Å². The topological polar surface area (TPSA) is 79.3 Å². The lowest BCUT2D eigenvalue weighted by atomic mass is 9.78. The van der Waals surface area contributed by atoms with Crippen LogP contribution in [0, 0.1) is 5.41 Å². The molecule has 0 saturated carbocycles. The molecule has 7 heteroatoms. The van der Waals surface area contributed by atoms with Crippen molar-refractivity contribution < 1.29 is 9.59 Å². The summed E-state index contributed by atoms with van der Waals surface area (Å²) in [5.74, 6) is 0.633. The first-order valence-corrected chi connectivity index (χ1v) is 9.83. The minimum Gasteiger partial charge on any atom is -0.340 e. The van der Waals surface area contributed by atoms with E-state index < -0.39 is 5.41 Å². The molecule has 1 spiro atoms. The number of carbonyl (C=O) groups is 2. The Kier molecular flexibility index (Phi) is 4.83. The summed E-state index contributed by atoms with van der Waals surface area (Å²) in [5, 5.41) is 0. The molecule has 2 aromatic heterocycles. The number of aromatic nitrogens is 3. The van der Waals surface area contributed by atoms with Crippen LogP contribution in [0.25, 0.3) is 11.4 Å². The Labute approximate surface area is 164 Å². The van der Waals surface area contributed by atoms with Gasteiger partial charge in [0.15, 0.2) is 5.82 Å². The van der Waals surface area contributed by atoms with Gasteiger partial charge in [0, 0.05) is 56.0 Å². The largest absolute Gasteiger partial charge is 0.340 e. The number of hydrogen-bond donors (Lipinski definition) is 0. The van der Waals surface area contributed by atoms with Crippen LogP contribution in [0.3, 0.4) is 0 Å². The van der Waals surface area contributed by atoms with E-state index in [4.69, 9.17) is 0 Å². The number of carbonyl (C=O) groups excluding carboxylic acids is 2. The lowest BCUT2D eigenvalue weighted by molar-refractivity contribution is -0.147. The minimum absolute atomic E-state index is 0.107. The number of nitrogens with zero attached hydrogens (tertiary/aromatic N) is 5. The quantitative estimate of drug-likeness (QED) is 0.818. The van der Waals surface area contributed by atoms with E-state index in [1.807, 2.05) is 17.0 Å². The van der Waals surface area contributed by atoms with Gasteiger partial charge in [-0.2, -0.15) is 0 Å². The zero-order chi connectivity index (χ0) is 19.7. The second-order valence-corrected chi connectivity index (χ2v) is 7.99. The molecule has 2 aliphatic rings. The molecular weight excluding hydrogens is 354 g/mol. The highest BCUT2D eigenvalue weighted by Gasteiger charge is 2.49. The lowest BCUT2D eigenvalue weighted by Crippen LogP contribution is -2.52. The van der Waals surface area contributed by atoms with Crippen molar-refractivity contribution in [1.29, 1.82) is 0 Å². The first-order valence-electron chi connectivity index (χ1n) is 9.83. The van der Waals surface area contributed by atoms with Gasteiger partial charge in [-0.3, -0.25) is 14.6 Å². The average Bonchev–Trinajstić information content (AvgIpc) is 3.15. The van der Waals surface area contributed by atoms with Gasteiger partial charge >= 0.3 is 0 Å². The van der Waals surface area contributed by atoms with E-state index in [1.54, 1.807) is 29.7 Å². The standard InChI is InChI=1S/C21H25N5O2/c1-15(2)26-9-4-6-21(20(26)28)7-10-25(14-21)19(27)17-12-23-18(24-13-17)16-5-3-8-22-11-16/h3,5,8,11-13,15H,4,6-7,9-10,14H2,1-2H3/t21-/m1/s1. The molecule has 146 valence electrons. The van der Waals surface area contributed by atoms with Crippen LogP contribution < -0.4 is 0 Å². The van der Waals surface area contributed by atoms with Gasteiger partial charge in [-0.15, -0.1) is 0 Å². The Morgan fingerprint density at radius 3 is 2.61 bits per heavy atom. The number of piperidine rings is 1. The van der Waals surface area contributed by atoms with Crippen LogP contribution in [0.2, 0.25) is 0 Å². The van der Waals surface area contributed by atoms with E-state index in [2.05, 4.69) is 28.8 Å². The Bertz CT molecular complexity index is 868. The third-order valence-electron chi connectivity index (χ3n) is 5.85. The third kappa shape index (κ3) is 3.25. The van der Waals surface area contributed by atoms with E-state index in [0.717, 1.165) is 31.4 Å². The Hall–Kier alpha value is -2.83. The van der Waals surface area contributed by atoms with Crippen LogP contribution in [0.5, 0.6) is 0 Å². The van der Waals surface area contributed by atoms with Crippen molar-refractivity contribution in [3.05, 3.63) is 42.5 Å². The molecule has 0 unspecified atom stereocenters. The molecule has 7 nitrogen and oxygen atoms in total. The summed E-state index contributed by atoms with van der Waals surface area (Å²) >= 11 is 0. The molecule has 2 amide bonds. The SMILES string of the molecule is CC(C)N1CCC[C@]2(CCN(C(=O)c3cnc(-c4cccnc4)nc3)C2)C1=O. The fraction of sp³-hybridized carbons (Fsp3) is 0.476. The summed E-state index contributed by atoms with van der Waals surface area (Å²) in [6, 6.07) is 3.90. The van der Waals surface area contributed by atoms with Crippen molar-refractivity contribution in [2.45, 2.75) is 39.2 Å². The van der Waals surface area contributed by atoms with Crippen molar-refractivity contribution in [3.63, 3.8) is 0 Å². The predicted molar refractivity (Wildman–Crippen MR) is 104 cm³/mol. The average molecular weight is 379 g/mol. The molecule has 2 saturated heterocycles. The van der Waals surface area contributed by atoms with Gasteiger partial charge in [-0.1, -0.05) is 0 Å². The van der Waals surface area contributed by atoms with Crippen molar-refractivity contribution in [2.24, 2.45) is 5.41 Å². The molecule has 4 heterocycles. The lowest BCUT2D eigenvalue weighted by Gasteiger charge is -2.41. The molecule has 0 N–H and O–H groups in total. The zero-order valence-electron chi connectivity index (χ0n) is 16.3. The van der Waals surface area contributed by atoms with E-state index in [1.165, 1.54) is 0 Å². The van der Waals surface area contributed by atoms with Crippen LogP contribution in [0.1, 0.15) is 43.5 Å². The van der Waals surface area contributed by atoms with Crippen LogP contribution in [-0.4, -0.2) is 62.2 Å². The fourth-order valence-electron chi connectivity index (χ4n) is 4.28. The van der Waals surface area contributed by atoms with Crippen LogP contribution in [-0.2, 0) is 4.79 Å². The van der Waals surface area contributed by atoms with Crippen molar-refractivity contribution in [2.75, 3.05) is 19.6 Å². The van der Waals surface area contributed by atoms with E-state index in [9.17, 15) is 9.59 Å². The Morgan fingerprint density at radius 2 is 1.93 bits per heavy atom. The van der Waals surface area contributed by atoms with Crippen LogP contribution in [0.15, 0.2) is 36.9 Å². The molecule has 1 atom stereocenters. The molecule has 0 aromatic carbocycles. The minimum atomic E-state index is -0.422. The molecule has 0 radical (unpaired) electrons. The normalized spacial score (nSPS) is 22.3. The summed E-state index contributed by atoms with van der Waals surface area (Å²) in [6.07, 6.45) is 9.09. The number of rotatable bonds is 3. The van der Waals surface area contributed by atoms with Crippen molar-refractivity contribution >= 4 is 11.8 Å². The van der Waals surface area contributed by atoms with Crippen molar-refractivity contribution in [3.8, 4) is 11.4 Å². The van der Waals surface area contributed by atoms with Gasteiger partial charge in [-0.25, -0.2) is 9.97 Å². The van der Waals surface area contributed by atoms with Gasteiger partial charge < -0.3 is 9.80 Å². The summed E-state index contributed by atoms with van der Waals surface area (Å²) in [5.41, 5.74) is 0.839. The molecule has 2 fully saturated rings. The Balaban J connectivity index is 1.48. The number of hydrogen-bond acceptors (Lipinski definition) is 5. The maximum Gasteiger partial charge on any atom is 0.257 e. The van der Waals surface area contributed by atoms with E-state index in [0.29, 0.717) is 24.5 Å². The highest BCUT2D eigenvalue weighted by Crippen LogP contribution is 2.41. The first-order chi connectivity index (χ1) is 13.5. The van der Waals surface area contributed by atoms with Crippen molar-refractivity contribution in [1.82, 2.24) is 24.8 Å². The first kappa shape index (κ1) is 18.5. The molecule has 4 rings (SSSR count). The molecule has 28 heavy (non-hydrogen) atoms. The number of pyridine rings is 1. The summed E-state index contributed by atoms with van der Waals surface area (Å²) < 4.78 is 0. The van der Waals surface area contributed by atoms with Crippen LogP contribution in [0.4, 0.5) is 0 Å². The zero-order valence-corrected chi connectivity index (χ0v) is 16.3. The highest BCUT2D eigenvalue weighted by atomic mass is 16.2. The number of amides is 2. The van der Waals surface area contributed by atoms with Crippen LogP contribution >= 0.6 is 0 Å². The number of likely N-dealkylation sites (tertiary alicyclic amines) is 2. The third-order valence-corrected chi connectivity index (χ3v) is 5.85. The van der Waals surface area contributed by atoms with E-state index in [-0.39, 0.29) is 17.9 Å². The van der Waals surface area contributed by atoms with Gasteiger partial charge in [0.1, 0.15) is 0 Å². The molecular formula is C21H25N5O2. The van der Waals surface area contributed by atoms with Gasteiger partial charge in [0.25, 0.3) is 5.91 Å². The summed E-state index contributed by atoms with van der Waals surface area (Å²) in [6.45, 7) is 6.00. The maximum absolute atomic E-state index is 13.1. The summed E-state index contributed by atoms with van der Waals surface area (Å²) in [4.78, 5) is 42.5. The second-order valence-electron chi connectivity index (χ2n) is 7.99. The maximum atomic E-state index is 13.1. The second kappa shape index (κ2) is 7.30. The Morgan fingerprint density at radius 1 is 1.14 bits per heavy atom. The van der Waals surface area contributed by atoms with Gasteiger partial charge in [0.2, 0.25) is 5.91 Å².